The average Bonchev–Trinajstić information content (AvgIpc) is 3.26. The molecule has 1 unspecified atom stereocenters. The van der Waals surface area contributed by atoms with Crippen molar-refractivity contribution in [1.29, 1.82) is 0 Å². The Morgan fingerprint density at radius 1 is 1.16 bits per heavy atom. The molecule has 0 amide bonds. The molecule has 0 radical (unpaired) electrons. The Labute approximate surface area is 155 Å². The maximum absolute atomic E-state index is 6.46. The lowest BCUT2D eigenvalue weighted by Gasteiger charge is -2.31. The molecule has 1 atom stereocenters. The van der Waals surface area contributed by atoms with Crippen LogP contribution in [-0.4, -0.2) is 28.1 Å². The molecule has 1 aromatic carbocycles. The van der Waals surface area contributed by atoms with Gasteiger partial charge in [-0.2, -0.15) is 4.98 Å². The first kappa shape index (κ1) is 18.4. The molecule has 6 heteroatoms. The Hall–Kier alpha value is -1.43. The summed E-state index contributed by atoms with van der Waals surface area (Å²) in [5.74, 6) is 1.82. The zero-order valence-corrected chi connectivity index (χ0v) is 15.4. The second-order valence-corrected chi connectivity index (χ2v) is 7.38. The van der Waals surface area contributed by atoms with Crippen molar-refractivity contribution in [1.82, 2.24) is 15.0 Å². The highest BCUT2D eigenvalue weighted by molar-refractivity contribution is 5.85. The number of hydrogen-bond acceptors (Lipinski definition) is 5. The number of nitrogens with two attached hydrogens (primary N) is 1. The largest absolute Gasteiger partial charge is 0.339 e. The lowest BCUT2D eigenvalue weighted by atomic mass is 9.96. The van der Waals surface area contributed by atoms with E-state index in [2.05, 4.69) is 40.4 Å². The van der Waals surface area contributed by atoms with E-state index in [1.165, 1.54) is 12.0 Å². The molecule has 1 saturated heterocycles. The topological polar surface area (TPSA) is 68.2 Å². The molecule has 2 aliphatic rings. The van der Waals surface area contributed by atoms with Crippen molar-refractivity contribution in [3.8, 4) is 0 Å². The molecule has 25 heavy (non-hydrogen) atoms. The predicted molar refractivity (Wildman–Crippen MR) is 99.6 cm³/mol. The highest BCUT2D eigenvalue weighted by atomic mass is 35.5. The molecule has 4 rings (SSSR count). The molecule has 1 saturated carbocycles. The first-order valence-corrected chi connectivity index (χ1v) is 9.12. The Morgan fingerprint density at radius 3 is 2.68 bits per heavy atom. The van der Waals surface area contributed by atoms with Crippen molar-refractivity contribution in [2.24, 2.45) is 5.73 Å². The van der Waals surface area contributed by atoms with E-state index in [4.69, 9.17) is 15.2 Å². The fourth-order valence-electron chi connectivity index (χ4n) is 4.08. The van der Waals surface area contributed by atoms with E-state index in [0.717, 1.165) is 63.5 Å². The normalized spacial score (nSPS) is 23.3. The van der Waals surface area contributed by atoms with Crippen LogP contribution in [0.25, 0.3) is 0 Å². The predicted octanol–water partition coefficient (Wildman–Crippen LogP) is 3.60. The van der Waals surface area contributed by atoms with Gasteiger partial charge in [0.1, 0.15) is 0 Å². The van der Waals surface area contributed by atoms with E-state index in [1.807, 2.05) is 0 Å². The van der Waals surface area contributed by atoms with Crippen LogP contribution in [0.3, 0.4) is 0 Å². The third kappa shape index (κ3) is 4.05. The van der Waals surface area contributed by atoms with Gasteiger partial charge in [0.2, 0.25) is 5.89 Å². The highest BCUT2D eigenvalue weighted by Gasteiger charge is 2.37. The second kappa shape index (κ2) is 7.85. The molecule has 2 fully saturated rings. The van der Waals surface area contributed by atoms with Crippen LogP contribution in [0.2, 0.25) is 0 Å². The number of rotatable bonds is 4. The molecule has 0 spiro atoms. The zero-order chi connectivity index (χ0) is 16.4. The van der Waals surface area contributed by atoms with E-state index >= 15 is 0 Å². The van der Waals surface area contributed by atoms with Gasteiger partial charge in [-0.05, 0) is 37.8 Å². The Morgan fingerprint density at radius 2 is 1.92 bits per heavy atom. The molecule has 0 bridgehead atoms. The van der Waals surface area contributed by atoms with Gasteiger partial charge in [-0.3, -0.25) is 4.90 Å². The third-order valence-corrected chi connectivity index (χ3v) is 5.49. The maximum atomic E-state index is 6.46. The molecule has 5 nitrogen and oxygen atoms in total. The summed E-state index contributed by atoms with van der Waals surface area (Å²) in [6.07, 6.45) is 6.55. The molecule has 1 aliphatic heterocycles. The van der Waals surface area contributed by atoms with Crippen LogP contribution >= 0.6 is 12.4 Å². The summed E-state index contributed by atoms with van der Waals surface area (Å²) in [4.78, 5) is 7.19. The minimum Gasteiger partial charge on any atom is -0.339 e. The van der Waals surface area contributed by atoms with Crippen LogP contribution in [-0.2, 0) is 12.1 Å². The Balaban J connectivity index is 0.00000182. The number of benzene rings is 1. The summed E-state index contributed by atoms with van der Waals surface area (Å²) in [5, 5.41) is 4.22. The summed E-state index contributed by atoms with van der Waals surface area (Å²) in [7, 11) is 0. The molecule has 1 aliphatic carbocycles. The van der Waals surface area contributed by atoms with Gasteiger partial charge in [-0.1, -0.05) is 48.3 Å². The summed E-state index contributed by atoms with van der Waals surface area (Å²) < 4.78 is 5.61. The van der Waals surface area contributed by atoms with Crippen molar-refractivity contribution in [2.75, 3.05) is 13.1 Å². The fraction of sp³-hybridized carbons (Fsp3) is 0.579. The van der Waals surface area contributed by atoms with E-state index in [9.17, 15) is 0 Å². The molecule has 2 N–H and O–H groups in total. The molecular weight excluding hydrogens is 336 g/mol. The van der Waals surface area contributed by atoms with Crippen LogP contribution in [0.4, 0.5) is 0 Å². The Bertz CT molecular complexity index is 669. The number of nitrogens with zero attached hydrogens (tertiary/aromatic N) is 3. The number of halogens is 1. The second-order valence-electron chi connectivity index (χ2n) is 7.38. The maximum Gasteiger partial charge on any atom is 0.231 e. The quantitative estimate of drug-likeness (QED) is 0.899. The first-order valence-electron chi connectivity index (χ1n) is 9.12. The highest BCUT2D eigenvalue weighted by Crippen LogP contribution is 2.36. The first-order chi connectivity index (χ1) is 11.7. The number of hydrogen-bond donors (Lipinski definition) is 1. The van der Waals surface area contributed by atoms with E-state index in [0.29, 0.717) is 5.92 Å². The van der Waals surface area contributed by atoms with Crippen molar-refractivity contribution < 1.29 is 4.52 Å². The van der Waals surface area contributed by atoms with E-state index in [-0.39, 0.29) is 17.9 Å². The number of aromatic nitrogens is 2. The third-order valence-electron chi connectivity index (χ3n) is 5.49. The van der Waals surface area contributed by atoms with Gasteiger partial charge in [0.05, 0.1) is 11.5 Å². The number of piperidine rings is 1. The summed E-state index contributed by atoms with van der Waals surface area (Å²) in [5.41, 5.74) is 7.45. The minimum absolute atomic E-state index is 0. The standard InChI is InChI=1S/C19H26N4O.ClH/c20-19(10-4-5-11-19)18-21-17(24-22-18)16-9-6-12-23(14-16)13-15-7-2-1-3-8-15;/h1-3,7-8,16H,4-6,9-14,20H2;1H. The van der Waals surface area contributed by atoms with Crippen LogP contribution in [0.1, 0.15) is 61.7 Å². The van der Waals surface area contributed by atoms with Crippen molar-refractivity contribution >= 4 is 12.4 Å². The molecular formula is C19H27ClN4O. The van der Waals surface area contributed by atoms with Crippen LogP contribution < -0.4 is 5.73 Å². The number of likely N-dealkylation sites (tertiary alicyclic amines) is 1. The van der Waals surface area contributed by atoms with Gasteiger partial charge in [0, 0.05) is 13.1 Å². The van der Waals surface area contributed by atoms with Gasteiger partial charge in [0.15, 0.2) is 5.82 Å². The zero-order valence-electron chi connectivity index (χ0n) is 14.6. The molecule has 2 heterocycles. The smallest absolute Gasteiger partial charge is 0.231 e. The van der Waals surface area contributed by atoms with E-state index < -0.39 is 0 Å². The van der Waals surface area contributed by atoms with Crippen molar-refractivity contribution in [2.45, 2.75) is 56.5 Å². The van der Waals surface area contributed by atoms with Gasteiger partial charge in [0.25, 0.3) is 0 Å². The monoisotopic (exact) mass is 362 g/mol. The molecule has 1 aromatic heterocycles. The SMILES string of the molecule is Cl.NC1(c2noc(C3CCCN(Cc4ccccc4)C3)n2)CCCC1. The fourth-order valence-corrected chi connectivity index (χ4v) is 4.08. The van der Waals surface area contributed by atoms with Crippen LogP contribution in [0.5, 0.6) is 0 Å². The molecule has 2 aromatic rings. The van der Waals surface area contributed by atoms with Crippen LogP contribution in [0.15, 0.2) is 34.9 Å². The molecule has 136 valence electrons. The lowest BCUT2D eigenvalue weighted by Crippen LogP contribution is -2.35. The van der Waals surface area contributed by atoms with Gasteiger partial charge in [-0.15, -0.1) is 12.4 Å². The van der Waals surface area contributed by atoms with Gasteiger partial charge < -0.3 is 10.3 Å². The lowest BCUT2D eigenvalue weighted by molar-refractivity contribution is 0.180. The van der Waals surface area contributed by atoms with Gasteiger partial charge >= 0.3 is 0 Å². The van der Waals surface area contributed by atoms with Crippen molar-refractivity contribution in [3.05, 3.63) is 47.6 Å². The summed E-state index contributed by atoms with van der Waals surface area (Å²) in [6.45, 7) is 3.10. The summed E-state index contributed by atoms with van der Waals surface area (Å²) >= 11 is 0. The van der Waals surface area contributed by atoms with Crippen LogP contribution in [0, 0.1) is 0 Å². The average molecular weight is 363 g/mol. The van der Waals surface area contributed by atoms with Gasteiger partial charge in [-0.25, -0.2) is 0 Å². The van der Waals surface area contributed by atoms with Crippen molar-refractivity contribution in [3.63, 3.8) is 0 Å². The summed E-state index contributed by atoms with van der Waals surface area (Å²) in [6, 6.07) is 10.6. The Kier molecular flexibility index (Phi) is 5.77. The minimum atomic E-state index is -0.361. The van der Waals surface area contributed by atoms with E-state index in [1.54, 1.807) is 0 Å².